The van der Waals surface area contributed by atoms with Crippen molar-refractivity contribution in [1.82, 2.24) is 9.88 Å². The summed E-state index contributed by atoms with van der Waals surface area (Å²) >= 11 is 0. The molecule has 22 heavy (non-hydrogen) atoms. The molecule has 0 spiro atoms. The van der Waals surface area contributed by atoms with Crippen molar-refractivity contribution in [3.05, 3.63) is 59.7 Å². The van der Waals surface area contributed by atoms with Gasteiger partial charge in [0.25, 0.3) is 5.91 Å². The van der Waals surface area contributed by atoms with Gasteiger partial charge in [-0.15, -0.1) is 0 Å². The van der Waals surface area contributed by atoms with Gasteiger partial charge in [-0.25, -0.2) is 4.39 Å². The van der Waals surface area contributed by atoms with Gasteiger partial charge in [0.15, 0.2) is 0 Å². The Balaban J connectivity index is 1.57. The van der Waals surface area contributed by atoms with Crippen LogP contribution in [0.4, 0.5) is 4.39 Å². The topological polar surface area (TPSA) is 36.1 Å². The van der Waals surface area contributed by atoms with Crippen LogP contribution >= 0.6 is 0 Å². The van der Waals surface area contributed by atoms with E-state index in [1.165, 1.54) is 6.07 Å². The number of hydrogen-bond donors (Lipinski definition) is 1. The minimum atomic E-state index is -0.127. The van der Waals surface area contributed by atoms with Gasteiger partial charge in [0.05, 0.1) is 0 Å². The molecule has 1 amide bonds. The molecule has 0 radical (unpaired) electrons. The third-order valence-electron chi connectivity index (χ3n) is 4.41. The van der Waals surface area contributed by atoms with E-state index >= 15 is 0 Å². The minimum Gasteiger partial charge on any atom is -0.357 e. The summed E-state index contributed by atoms with van der Waals surface area (Å²) in [5.41, 5.74) is 1.42. The Bertz CT molecular complexity index is 624. The molecule has 116 valence electrons. The Morgan fingerprint density at radius 2 is 2.14 bits per heavy atom. The molecular formula is C18H21FN2O. The van der Waals surface area contributed by atoms with E-state index in [-0.39, 0.29) is 11.7 Å². The van der Waals surface area contributed by atoms with E-state index in [2.05, 4.69) is 4.98 Å². The van der Waals surface area contributed by atoms with Gasteiger partial charge in [-0.2, -0.15) is 0 Å². The number of likely N-dealkylation sites (tertiary alicyclic amines) is 1. The number of carbonyl (C=O) groups excluding carboxylic acids is 1. The van der Waals surface area contributed by atoms with E-state index in [4.69, 9.17) is 0 Å². The standard InChI is InChI=1S/C18H21FN2O/c19-16-7-2-1-6-15(16)10-9-14-5-4-12-21(13-14)18(22)17-8-3-11-20-17/h1-3,6-8,11,14,20H,4-5,9-10,12-13H2/t14-/m1/s1. The van der Waals surface area contributed by atoms with Crippen LogP contribution in [0.2, 0.25) is 0 Å². The molecule has 1 N–H and O–H groups in total. The molecule has 3 rings (SSSR count). The molecule has 3 nitrogen and oxygen atoms in total. The maximum atomic E-state index is 13.7. The number of H-pyrrole nitrogens is 1. The Kier molecular flexibility index (Phi) is 4.56. The highest BCUT2D eigenvalue weighted by Crippen LogP contribution is 2.23. The van der Waals surface area contributed by atoms with Gasteiger partial charge < -0.3 is 9.88 Å². The molecule has 1 aliphatic rings. The first kappa shape index (κ1) is 14.8. The van der Waals surface area contributed by atoms with Crippen LogP contribution in [-0.4, -0.2) is 28.9 Å². The number of nitrogens with zero attached hydrogens (tertiary/aromatic N) is 1. The normalized spacial score (nSPS) is 18.4. The number of amides is 1. The van der Waals surface area contributed by atoms with Crippen LogP contribution in [-0.2, 0) is 6.42 Å². The molecule has 1 atom stereocenters. The van der Waals surface area contributed by atoms with Gasteiger partial charge in [-0.3, -0.25) is 4.79 Å². The Morgan fingerprint density at radius 3 is 2.91 bits per heavy atom. The van der Waals surface area contributed by atoms with Crippen LogP contribution in [0.3, 0.4) is 0 Å². The highest BCUT2D eigenvalue weighted by molar-refractivity contribution is 5.92. The predicted octanol–water partition coefficient (Wildman–Crippen LogP) is 3.64. The van der Waals surface area contributed by atoms with Gasteiger partial charge in [0, 0.05) is 19.3 Å². The summed E-state index contributed by atoms with van der Waals surface area (Å²) in [7, 11) is 0. The number of halogens is 1. The Morgan fingerprint density at radius 1 is 1.27 bits per heavy atom. The lowest BCUT2D eigenvalue weighted by molar-refractivity contribution is 0.0663. The average Bonchev–Trinajstić information content (AvgIpc) is 3.08. The molecule has 0 unspecified atom stereocenters. The van der Waals surface area contributed by atoms with Crippen LogP contribution in [0.15, 0.2) is 42.6 Å². The van der Waals surface area contributed by atoms with Crippen LogP contribution in [0.5, 0.6) is 0 Å². The average molecular weight is 300 g/mol. The summed E-state index contributed by atoms with van der Waals surface area (Å²) in [6.07, 6.45) is 5.57. The first-order chi connectivity index (χ1) is 10.7. The lowest BCUT2D eigenvalue weighted by Crippen LogP contribution is -2.40. The fourth-order valence-corrected chi connectivity index (χ4v) is 3.18. The maximum Gasteiger partial charge on any atom is 0.270 e. The van der Waals surface area contributed by atoms with Crippen molar-refractivity contribution in [1.29, 1.82) is 0 Å². The van der Waals surface area contributed by atoms with Gasteiger partial charge in [-0.05, 0) is 55.4 Å². The van der Waals surface area contributed by atoms with E-state index < -0.39 is 0 Å². The zero-order chi connectivity index (χ0) is 15.4. The van der Waals surface area contributed by atoms with E-state index in [1.807, 2.05) is 29.2 Å². The van der Waals surface area contributed by atoms with E-state index in [9.17, 15) is 9.18 Å². The van der Waals surface area contributed by atoms with Gasteiger partial charge in [0.1, 0.15) is 11.5 Å². The molecule has 2 heterocycles. The number of aryl methyl sites for hydroxylation is 1. The van der Waals surface area contributed by atoms with Gasteiger partial charge >= 0.3 is 0 Å². The van der Waals surface area contributed by atoms with Crippen molar-refractivity contribution in [3.8, 4) is 0 Å². The molecule has 1 aliphatic heterocycles. The van der Waals surface area contributed by atoms with Gasteiger partial charge in [0.2, 0.25) is 0 Å². The molecule has 1 saturated heterocycles. The maximum absolute atomic E-state index is 13.7. The van der Waals surface area contributed by atoms with Crippen LogP contribution in [0.25, 0.3) is 0 Å². The Hall–Kier alpha value is -2.10. The second-order valence-corrected chi connectivity index (χ2v) is 5.97. The molecule has 0 bridgehead atoms. The number of hydrogen-bond acceptors (Lipinski definition) is 1. The predicted molar refractivity (Wildman–Crippen MR) is 84.1 cm³/mol. The molecule has 0 saturated carbocycles. The highest BCUT2D eigenvalue weighted by Gasteiger charge is 2.24. The number of carbonyl (C=O) groups is 1. The second kappa shape index (κ2) is 6.77. The quantitative estimate of drug-likeness (QED) is 0.919. The fraction of sp³-hybridized carbons (Fsp3) is 0.389. The number of rotatable bonds is 4. The van der Waals surface area contributed by atoms with Crippen molar-refractivity contribution < 1.29 is 9.18 Å². The number of aromatic amines is 1. The molecule has 1 aromatic heterocycles. The van der Waals surface area contributed by atoms with Crippen molar-refractivity contribution in [2.75, 3.05) is 13.1 Å². The van der Waals surface area contributed by atoms with E-state index in [0.29, 0.717) is 11.6 Å². The first-order valence-electron chi connectivity index (χ1n) is 7.90. The molecule has 4 heteroatoms. The number of nitrogens with one attached hydrogen (secondary N) is 1. The smallest absolute Gasteiger partial charge is 0.270 e. The summed E-state index contributed by atoms with van der Waals surface area (Å²) in [5, 5.41) is 0. The summed E-state index contributed by atoms with van der Waals surface area (Å²) in [6, 6.07) is 10.6. The third kappa shape index (κ3) is 3.38. The largest absolute Gasteiger partial charge is 0.357 e. The molecule has 0 aliphatic carbocycles. The van der Waals surface area contributed by atoms with E-state index in [1.54, 1.807) is 12.3 Å². The zero-order valence-corrected chi connectivity index (χ0v) is 12.6. The fourth-order valence-electron chi connectivity index (χ4n) is 3.18. The molecular weight excluding hydrogens is 279 g/mol. The summed E-state index contributed by atoms with van der Waals surface area (Å²) in [6.45, 7) is 1.58. The molecule has 2 aromatic rings. The molecule has 1 aromatic carbocycles. The van der Waals surface area contributed by atoms with Crippen LogP contribution in [0, 0.1) is 11.7 Å². The van der Waals surface area contributed by atoms with E-state index in [0.717, 1.165) is 44.3 Å². The third-order valence-corrected chi connectivity index (χ3v) is 4.41. The Labute approximate surface area is 130 Å². The van der Waals surface area contributed by atoms with Crippen molar-refractivity contribution in [2.45, 2.75) is 25.7 Å². The second-order valence-electron chi connectivity index (χ2n) is 5.97. The monoisotopic (exact) mass is 300 g/mol. The first-order valence-corrected chi connectivity index (χ1v) is 7.90. The SMILES string of the molecule is O=C(c1ccc[nH]1)N1CCC[C@H](CCc2ccccc2F)C1. The minimum absolute atomic E-state index is 0.0700. The lowest BCUT2D eigenvalue weighted by atomic mass is 9.91. The van der Waals surface area contributed by atoms with Crippen LogP contribution < -0.4 is 0 Å². The number of aromatic nitrogens is 1. The van der Waals surface area contributed by atoms with Crippen LogP contribution in [0.1, 0.15) is 35.3 Å². The van der Waals surface area contributed by atoms with Crippen molar-refractivity contribution in [3.63, 3.8) is 0 Å². The lowest BCUT2D eigenvalue weighted by Gasteiger charge is -2.32. The summed E-state index contributed by atoms with van der Waals surface area (Å²) < 4.78 is 13.7. The number of benzene rings is 1. The van der Waals surface area contributed by atoms with Gasteiger partial charge in [-0.1, -0.05) is 18.2 Å². The molecule has 1 fully saturated rings. The van der Waals surface area contributed by atoms with Crippen molar-refractivity contribution >= 4 is 5.91 Å². The summed E-state index contributed by atoms with van der Waals surface area (Å²) in [4.78, 5) is 17.3. The zero-order valence-electron chi connectivity index (χ0n) is 12.6. The summed E-state index contributed by atoms with van der Waals surface area (Å²) in [5.74, 6) is 0.394. The highest BCUT2D eigenvalue weighted by atomic mass is 19.1. The number of piperidine rings is 1. The van der Waals surface area contributed by atoms with Crippen molar-refractivity contribution in [2.24, 2.45) is 5.92 Å².